The molecule has 0 radical (unpaired) electrons. The second-order valence-electron chi connectivity index (χ2n) is 3.03. The summed E-state index contributed by atoms with van der Waals surface area (Å²) in [5.41, 5.74) is -0.0263. The quantitative estimate of drug-likeness (QED) is 0.675. The molecule has 5 heteroatoms. The Morgan fingerprint density at radius 1 is 1.44 bits per heavy atom. The van der Waals surface area contributed by atoms with E-state index in [1.165, 1.54) is 12.1 Å². The maximum Gasteiger partial charge on any atom is 0.335 e. The van der Waals surface area contributed by atoms with Crippen molar-refractivity contribution in [2.75, 3.05) is 7.05 Å². The number of rotatable bonds is 4. The summed E-state index contributed by atoms with van der Waals surface area (Å²) in [5, 5.41) is 20.9. The maximum atomic E-state index is 10.7. The zero-order valence-corrected chi connectivity index (χ0v) is 9.02. The number of hydrogen-bond donors (Lipinski definition) is 3. The molecule has 0 bridgehead atoms. The van der Waals surface area contributed by atoms with Crippen LogP contribution in [0.4, 0.5) is 0 Å². The fraction of sp³-hybridized carbons (Fsp3) is 0.182. The first kappa shape index (κ1) is 11.9. The van der Waals surface area contributed by atoms with Crippen LogP contribution in [0.15, 0.2) is 30.2 Å². The molecular formula is C11H13NO4. The third-order valence-corrected chi connectivity index (χ3v) is 1.87. The summed E-state index contributed by atoms with van der Waals surface area (Å²) in [5.74, 6) is -0.532. The molecule has 0 saturated heterocycles. The number of nitrogens with one attached hydrogen (secondary N) is 1. The Balaban J connectivity index is 3.01. The van der Waals surface area contributed by atoms with E-state index >= 15 is 0 Å². The fourth-order valence-electron chi connectivity index (χ4n) is 1.15. The minimum atomic E-state index is -1.12. The number of carboxylic acids is 1. The highest BCUT2D eigenvalue weighted by molar-refractivity contribution is 5.88. The number of phenolic OH excluding ortho intramolecular Hbond substituents is 1. The monoisotopic (exact) mass is 223 g/mol. The van der Waals surface area contributed by atoms with E-state index in [4.69, 9.17) is 9.84 Å². The van der Waals surface area contributed by atoms with Gasteiger partial charge in [-0.15, -0.1) is 0 Å². The molecule has 1 aromatic carbocycles. The van der Waals surface area contributed by atoms with Gasteiger partial charge in [0.1, 0.15) is 11.5 Å². The minimum absolute atomic E-state index is 0.0263. The van der Waals surface area contributed by atoms with Crippen molar-refractivity contribution in [2.45, 2.75) is 6.92 Å². The van der Waals surface area contributed by atoms with Gasteiger partial charge in [0.15, 0.2) is 5.88 Å². The van der Waals surface area contributed by atoms with Gasteiger partial charge < -0.3 is 20.3 Å². The van der Waals surface area contributed by atoms with Crippen LogP contribution in [0.25, 0.3) is 0 Å². The highest BCUT2D eigenvalue weighted by Crippen LogP contribution is 2.22. The fourth-order valence-corrected chi connectivity index (χ4v) is 1.15. The average molecular weight is 223 g/mol. The smallest absolute Gasteiger partial charge is 0.335 e. The van der Waals surface area contributed by atoms with Gasteiger partial charge >= 0.3 is 5.97 Å². The van der Waals surface area contributed by atoms with Crippen LogP contribution in [0, 0.1) is 0 Å². The van der Waals surface area contributed by atoms with Crippen LogP contribution in [-0.2, 0) is 0 Å². The van der Waals surface area contributed by atoms with Gasteiger partial charge in [-0.05, 0) is 25.1 Å². The molecule has 0 amide bonds. The Morgan fingerprint density at radius 2 is 2.12 bits per heavy atom. The summed E-state index contributed by atoms with van der Waals surface area (Å²) in [4.78, 5) is 10.7. The average Bonchev–Trinajstić information content (AvgIpc) is 2.25. The second kappa shape index (κ2) is 5.06. The van der Waals surface area contributed by atoms with E-state index in [-0.39, 0.29) is 17.1 Å². The summed E-state index contributed by atoms with van der Waals surface area (Å²) in [6, 6.07) is 3.83. The molecule has 16 heavy (non-hydrogen) atoms. The van der Waals surface area contributed by atoms with Crippen molar-refractivity contribution in [3.8, 4) is 11.5 Å². The van der Waals surface area contributed by atoms with Crippen molar-refractivity contribution in [1.82, 2.24) is 5.32 Å². The molecule has 0 fully saturated rings. The summed E-state index contributed by atoms with van der Waals surface area (Å²) in [6.07, 6.45) is 1.69. The molecule has 5 nitrogen and oxygen atoms in total. The molecule has 0 spiro atoms. The first-order chi connectivity index (χ1) is 7.56. The number of carboxylic acid groups (broad SMARTS) is 1. The Morgan fingerprint density at radius 3 is 2.62 bits per heavy atom. The zero-order chi connectivity index (χ0) is 12.1. The predicted molar refractivity (Wildman–Crippen MR) is 58.5 cm³/mol. The van der Waals surface area contributed by atoms with E-state index in [0.717, 1.165) is 6.07 Å². The molecule has 0 heterocycles. The lowest BCUT2D eigenvalue weighted by molar-refractivity contribution is 0.0696. The molecule has 1 aromatic rings. The highest BCUT2D eigenvalue weighted by atomic mass is 16.5. The van der Waals surface area contributed by atoms with Gasteiger partial charge in [0.25, 0.3) is 0 Å². The lowest BCUT2D eigenvalue weighted by atomic mass is 10.2. The van der Waals surface area contributed by atoms with Gasteiger partial charge in [0.2, 0.25) is 0 Å². The van der Waals surface area contributed by atoms with Gasteiger partial charge in [-0.1, -0.05) is 0 Å². The Kier molecular flexibility index (Phi) is 3.77. The number of aromatic hydroxyl groups is 1. The third kappa shape index (κ3) is 2.91. The molecule has 0 aromatic heterocycles. The lowest BCUT2D eigenvalue weighted by Crippen LogP contribution is -2.12. The standard InChI is InChI=1S/C11H13NO4/c1-3-10(12-2)16-9-5-7(11(14)15)4-8(13)6-9/h3-6,12-13H,1-2H3,(H,14,15)/b10-3+. The third-order valence-electron chi connectivity index (χ3n) is 1.87. The number of aromatic carboxylic acids is 1. The van der Waals surface area contributed by atoms with Gasteiger partial charge in [-0.3, -0.25) is 0 Å². The van der Waals surface area contributed by atoms with Crippen LogP contribution in [0.1, 0.15) is 17.3 Å². The molecular weight excluding hydrogens is 210 g/mol. The number of phenols is 1. The Bertz CT molecular complexity index is 426. The minimum Gasteiger partial charge on any atom is -0.508 e. The molecule has 0 saturated carbocycles. The number of carbonyl (C=O) groups is 1. The van der Waals surface area contributed by atoms with Crippen molar-refractivity contribution in [3.63, 3.8) is 0 Å². The molecule has 0 atom stereocenters. The van der Waals surface area contributed by atoms with Crippen LogP contribution in [0.5, 0.6) is 11.5 Å². The first-order valence-corrected chi connectivity index (χ1v) is 4.66. The molecule has 86 valence electrons. The van der Waals surface area contributed by atoms with Crippen LogP contribution in [0.3, 0.4) is 0 Å². The molecule has 0 unspecified atom stereocenters. The van der Waals surface area contributed by atoms with Crippen molar-refractivity contribution in [2.24, 2.45) is 0 Å². The summed E-state index contributed by atoms with van der Waals surface area (Å²) < 4.78 is 5.31. The van der Waals surface area contributed by atoms with E-state index in [2.05, 4.69) is 5.32 Å². The number of allylic oxidation sites excluding steroid dienone is 1. The highest BCUT2D eigenvalue weighted by Gasteiger charge is 2.08. The number of hydrogen-bond acceptors (Lipinski definition) is 4. The summed E-state index contributed by atoms with van der Waals surface area (Å²) >= 11 is 0. The molecule has 0 aliphatic heterocycles. The van der Waals surface area contributed by atoms with Gasteiger partial charge in [-0.25, -0.2) is 4.79 Å². The largest absolute Gasteiger partial charge is 0.508 e. The van der Waals surface area contributed by atoms with Gasteiger partial charge in [-0.2, -0.15) is 0 Å². The molecule has 0 aliphatic carbocycles. The number of ether oxygens (including phenoxy) is 1. The zero-order valence-electron chi connectivity index (χ0n) is 9.02. The lowest BCUT2D eigenvalue weighted by Gasteiger charge is -2.09. The van der Waals surface area contributed by atoms with Crippen molar-refractivity contribution in [1.29, 1.82) is 0 Å². The van der Waals surface area contributed by atoms with E-state index in [0.29, 0.717) is 5.88 Å². The number of benzene rings is 1. The van der Waals surface area contributed by atoms with Crippen molar-refractivity contribution in [3.05, 3.63) is 35.7 Å². The van der Waals surface area contributed by atoms with Crippen LogP contribution >= 0.6 is 0 Å². The van der Waals surface area contributed by atoms with E-state index in [9.17, 15) is 9.90 Å². The Labute approximate surface area is 93.0 Å². The first-order valence-electron chi connectivity index (χ1n) is 4.66. The molecule has 1 rings (SSSR count). The van der Waals surface area contributed by atoms with Gasteiger partial charge in [0.05, 0.1) is 5.56 Å². The normalized spacial score (nSPS) is 11.0. The van der Waals surface area contributed by atoms with E-state index in [1.807, 2.05) is 0 Å². The Hall–Kier alpha value is -2.17. The summed E-state index contributed by atoms with van der Waals surface area (Å²) in [6.45, 7) is 1.77. The SMILES string of the molecule is C/C=C(\NC)Oc1cc(O)cc(C(=O)O)c1. The second-order valence-corrected chi connectivity index (χ2v) is 3.03. The van der Waals surface area contributed by atoms with E-state index < -0.39 is 5.97 Å². The predicted octanol–water partition coefficient (Wildman–Crippen LogP) is 1.55. The van der Waals surface area contributed by atoms with Crippen LogP contribution in [-0.4, -0.2) is 23.2 Å². The molecule has 0 aliphatic rings. The topological polar surface area (TPSA) is 78.8 Å². The maximum absolute atomic E-state index is 10.7. The summed E-state index contributed by atoms with van der Waals surface area (Å²) in [7, 11) is 1.68. The van der Waals surface area contributed by atoms with Crippen LogP contribution < -0.4 is 10.1 Å². The van der Waals surface area contributed by atoms with Crippen molar-refractivity contribution < 1.29 is 19.7 Å². The van der Waals surface area contributed by atoms with E-state index in [1.54, 1.807) is 20.0 Å². The van der Waals surface area contributed by atoms with Crippen LogP contribution in [0.2, 0.25) is 0 Å². The molecule has 3 N–H and O–H groups in total. The van der Waals surface area contributed by atoms with Gasteiger partial charge in [0, 0.05) is 13.1 Å². The van der Waals surface area contributed by atoms with Crippen molar-refractivity contribution >= 4 is 5.97 Å².